The summed E-state index contributed by atoms with van der Waals surface area (Å²) in [4.78, 5) is 11.5. The van der Waals surface area contributed by atoms with E-state index in [9.17, 15) is 0 Å². The number of aromatic nitrogens is 2. The smallest absolute Gasteiger partial charge is 0.399 e. The Balaban J connectivity index is 1.75. The molecule has 0 saturated carbocycles. The van der Waals surface area contributed by atoms with E-state index in [-0.39, 0.29) is 11.2 Å². The SMILES string of the molecule is CCC1CCCCN1c1ncc(B2OC(C)(C)C(C)(C)O2)cn1. The Morgan fingerprint density at radius 3 is 2.30 bits per heavy atom. The maximum absolute atomic E-state index is 6.06. The molecule has 0 aromatic carbocycles. The maximum Gasteiger partial charge on any atom is 0.498 e. The Morgan fingerprint density at radius 1 is 1.13 bits per heavy atom. The largest absolute Gasteiger partial charge is 0.498 e. The lowest BCUT2D eigenvalue weighted by Crippen LogP contribution is -2.41. The molecule has 1 aromatic rings. The summed E-state index contributed by atoms with van der Waals surface area (Å²) in [5.74, 6) is 0.830. The first kappa shape index (κ1) is 16.7. The molecule has 0 radical (unpaired) electrons. The van der Waals surface area contributed by atoms with Crippen LogP contribution in [0, 0.1) is 0 Å². The van der Waals surface area contributed by atoms with Gasteiger partial charge in [0.1, 0.15) is 0 Å². The first-order valence-electron chi connectivity index (χ1n) is 8.78. The van der Waals surface area contributed by atoms with Crippen LogP contribution >= 0.6 is 0 Å². The lowest BCUT2D eigenvalue weighted by Gasteiger charge is -2.35. The predicted molar refractivity (Wildman–Crippen MR) is 93.0 cm³/mol. The molecule has 1 unspecified atom stereocenters. The molecule has 3 heterocycles. The van der Waals surface area contributed by atoms with Gasteiger partial charge in [-0.1, -0.05) is 6.92 Å². The summed E-state index contributed by atoms with van der Waals surface area (Å²) in [5.41, 5.74) is 0.213. The van der Waals surface area contributed by atoms with Crippen LogP contribution < -0.4 is 10.4 Å². The van der Waals surface area contributed by atoms with E-state index < -0.39 is 7.12 Å². The molecule has 1 atom stereocenters. The van der Waals surface area contributed by atoms with Crippen LogP contribution in [0.4, 0.5) is 5.95 Å². The van der Waals surface area contributed by atoms with Crippen molar-refractivity contribution in [2.24, 2.45) is 0 Å². The Hall–Kier alpha value is -1.14. The summed E-state index contributed by atoms with van der Waals surface area (Å²) in [6.45, 7) is 11.5. The summed E-state index contributed by atoms with van der Waals surface area (Å²) in [7, 11) is -0.391. The van der Waals surface area contributed by atoms with Crippen molar-refractivity contribution >= 4 is 18.5 Å². The zero-order chi connectivity index (χ0) is 16.7. The molecular formula is C17H28BN3O2. The van der Waals surface area contributed by atoms with Crippen molar-refractivity contribution in [2.75, 3.05) is 11.4 Å². The fraction of sp³-hybridized carbons (Fsp3) is 0.765. The molecule has 23 heavy (non-hydrogen) atoms. The minimum atomic E-state index is -0.391. The Bertz CT molecular complexity index is 531. The van der Waals surface area contributed by atoms with E-state index in [1.807, 2.05) is 12.4 Å². The van der Waals surface area contributed by atoms with Crippen LogP contribution in [0.1, 0.15) is 60.3 Å². The summed E-state index contributed by atoms with van der Waals surface area (Å²) < 4.78 is 12.1. The van der Waals surface area contributed by atoms with Gasteiger partial charge in [0, 0.05) is 30.4 Å². The second kappa shape index (κ2) is 6.06. The van der Waals surface area contributed by atoms with Crippen LogP contribution in [0.25, 0.3) is 0 Å². The third-order valence-electron chi connectivity index (χ3n) is 5.54. The number of hydrogen-bond donors (Lipinski definition) is 0. The normalized spacial score (nSPS) is 26.6. The van der Waals surface area contributed by atoms with Gasteiger partial charge in [-0.15, -0.1) is 0 Å². The Kier molecular flexibility index (Phi) is 4.40. The van der Waals surface area contributed by atoms with E-state index in [1.165, 1.54) is 19.3 Å². The number of hydrogen-bond acceptors (Lipinski definition) is 5. The number of rotatable bonds is 3. The van der Waals surface area contributed by atoms with Gasteiger partial charge in [0.15, 0.2) is 0 Å². The second-order valence-electron chi connectivity index (χ2n) is 7.66. The third-order valence-corrected chi connectivity index (χ3v) is 5.54. The van der Waals surface area contributed by atoms with Gasteiger partial charge in [-0.2, -0.15) is 0 Å². The van der Waals surface area contributed by atoms with E-state index in [0.717, 1.165) is 24.4 Å². The number of nitrogens with zero attached hydrogens (tertiary/aromatic N) is 3. The van der Waals surface area contributed by atoms with Gasteiger partial charge in [0.25, 0.3) is 0 Å². The topological polar surface area (TPSA) is 47.5 Å². The van der Waals surface area contributed by atoms with Crippen LogP contribution in [-0.2, 0) is 9.31 Å². The van der Waals surface area contributed by atoms with E-state index in [2.05, 4.69) is 49.5 Å². The zero-order valence-electron chi connectivity index (χ0n) is 15.0. The maximum atomic E-state index is 6.06. The minimum absolute atomic E-state index is 0.337. The fourth-order valence-electron chi connectivity index (χ4n) is 3.27. The van der Waals surface area contributed by atoms with Crippen molar-refractivity contribution < 1.29 is 9.31 Å². The molecule has 0 N–H and O–H groups in total. The lowest BCUT2D eigenvalue weighted by molar-refractivity contribution is 0.00578. The molecule has 1 aromatic heterocycles. The van der Waals surface area contributed by atoms with Crippen LogP contribution in [0.15, 0.2) is 12.4 Å². The molecule has 126 valence electrons. The zero-order valence-corrected chi connectivity index (χ0v) is 15.0. The average molecular weight is 317 g/mol. The molecule has 2 saturated heterocycles. The van der Waals surface area contributed by atoms with E-state index >= 15 is 0 Å². The number of piperidine rings is 1. The molecule has 2 aliphatic rings. The molecule has 0 amide bonds. The summed E-state index contributed by atoms with van der Waals surface area (Å²) in [6.07, 6.45) is 8.61. The van der Waals surface area contributed by atoms with Crippen molar-refractivity contribution in [1.29, 1.82) is 0 Å². The van der Waals surface area contributed by atoms with E-state index in [0.29, 0.717) is 6.04 Å². The Labute approximate surface area is 139 Å². The summed E-state index contributed by atoms with van der Waals surface area (Å²) in [5, 5.41) is 0. The van der Waals surface area contributed by atoms with Gasteiger partial charge in [-0.05, 0) is 53.4 Å². The predicted octanol–water partition coefficient (Wildman–Crippen LogP) is 2.54. The summed E-state index contributed by atoms with van der Waals surface area (Å²) >= 11 is 0. The highest BCUT2D eigenvalue weighted by Crippen LogP contribution is 2.36. The van der Waals surface area contributed by atoms with Crippen molar-refractivity contribution in [3.05, 3.63) is 12.4 Å². The van der Waals surface area contributed by atoms with Crippen LogP contribution in [0.5, 0.6) is 0 Å². The third kappa shape index (κ3) is 3.11. The number of anilines is 1. The molecule has 0 spiro atoms. The highest BCUT2D eigenvalue weighted by Gasteiger charge is 2.52. The Morgan fingerprint density at radius 2 is 1.74 bits per heavy atom. The summed E-state index contributed by atoms with van der Waals surface area (Å²) in [6, 6.07) is 0.562. The molecule has 0 bridgehead atoms. The average Bonchev–Trinajstić information content (AvgIpc) is 2.75. The van der Waals surface area contributed by atoms with Gasteiger partial charge >= 0.3 is 7.12 Å². The molecule has 2 fully saturated rings. The van der Waals surface area contributed by atoms with Crippen LogP contribution in [0.2, 0.25) is 0 Å². The van der Waals surface area contributed by atoms with E-state index in [4.69, 9.17) is 9.31 Å². The van der Waals surface area contributed by atoms with Crippen molar-refractivity contribution in [1.82, 2.24) is 9.97 Å². The van der Waals surface area contributed by atoms with E-state index in [1.54, 1.807) is 0 Å². The van der Waals surface area contributed by atoms with Crippen molar-refractivity contribution in [2.45, 2.75) is 77.5 Å². The molecule has 5 nitrogen and oxygen atoms in total. The quantitative estimate of drug-likeness (QED) is 0.802. The van der Waals surface area contributed by atoms with Gasteiger partial charge in [0.05, 0.1) is 11.2 Å². The first-order valence-corrected chi connectivity index (χ1v) is 8.78. The lowest BCUT2D eigenvalue weighted by atomic mass is 9.81. The van der Waals surface area contributed by atoms with Gasteiger partial charge in [0.2, 0.25) is 5.95 Å². The van der Waals surface area contributed by atoms with Gasteiger partial charge in [-0.25, -0.2) is 9.97 Å². The van der Waals surface area contributed by atoms with Crippen LogP contribution in [0.3, 0.4) is 0 Å². The fourth-order valence-corrected chi connectivity index (χ4v) is 3.27. The first-order chi connectivity index (χ1) is 10.8. The highest BCUT2D eigenvalue weighted by atomic mass is 16.7. The van der Waals surface area contributed by atoms with Gasteiger partial charge < -0.3 is 14.2 Å². The van der Waals surface area contributed by atoms with Crippen LogP contribution in [-0.4, -0.2) is 40.9 Å². The van der Waals surface area contributed by atoms with Gasteiger partial charge in [-0.3, -0.25) is 0 Å². The highest BCUT2D eigenvalue weighted by molar-refractivity contribution is 6.61. The molecular weight excluding hydrogens is 289 g/mol. The molecule has 2 aliphatic heterocycles. The molecule has 3 rings (SSSR count). The van der Waals surface area contributed by atoms with Crippen molar-refractivity contribution in [3.8, 4) is 0 Å². The van der Waals surface area contributed by atoms with Crippen molar-refractivity contribution in [3.63, 3.8) is 0 Å². The monoisotopic (exact) mass is 317 g/mol. The molecule has 0 aliphatic carbocycles. The second-order valence-corrected chi connectivity index (χ2v) is 7.66. The standard InChI is InChI=1S/C17H28BN3O2/c1-6-14-9-7-8-10-21(14)15-19-11-13(12-20-15)18-22-16(2,3)17(4,5)23-18/h11-12,14H,6-10H2,1-5H3. The molecule has 6 heteroatoms. The minimum Gasteiger partial charge on any atom is -0.399 e.